The first kappa shape index (κ1) is 20.2. The Morgan fingerprint density at radius 1 is 1.38 bits per heavy atom. The van der Waals surface area contributed by atoms with Crippen LogP contribution >= 0.6 is 0 Å². The highest BCUT2D eigenvalue weighted by molar-refractivity contribution is 7.83. The van der Waals surface area contributed by atoms with Crippen LogP contribution in [-0.4, -0.2) is 42.5 Å². The second kappa shape index (κ2) is 6.88. The molecule has 144 valence electrons. The molecule has 0 spiro atoms. The summed E-state index contributed by atoms with van der Waals surface area (Å²) in [5.41, 5.74) is 0.662. The number of likely N-dealkylation sites (N-methyl/N-ethyl adjacent to an activating group) is 1. The molecule has 2 rings (SSSR count). The molecule has 2 atom stereocenters. The van der Waals surface area contributed by atoms with Gasteiger partial charge < -0.3 is 9.47 Å². The maximum absolute atomic E-state index is 12.3. The fourth-order valence-corrected chi connectivity index (χ4v) is 3.10. The van der Waals surface area contributed by atoms with Crippen molar-refractivity contribution in [3.63, 3.8) is 0 Å². The highest BCUT2D eigenvalue weighted by atomic mass is 32.2. The topological polar surface area (TPSA) is 110 Å². The lowest BCUT2D eigenvalue weighted by molar-refractivity contribution is -0.168. The van der Waals surface area contributed by atoms with Gasteiger partial charge in [-0.15, -0.1) is 0 Å². The van der Waals surface area contributed by atoms with Crippen molar-refractivity contribution in [1.82, 2.24) is 4.31 Å². The van der Waals surface area contributed by atoms with Gasteiger partial charge in [-0.3, -0.25) is 14.1 Å². The lowest BCUT2D eigenvalue weighted by Crippen LogP contribution is -2.36. The van der Waals surface area contributed by atoms with E-state index in [-0.39, 0.29) is 12.4 Å². The van der Waals surface area contributed by atoms with Crippen LogP contribution in [0.3, 0.4) is 0 Å². The minimum Gasteiger partial charge on any atom is -0.454 e. The monoisotopic (exact) mass is 385 g/mol. The number of fused-ring (bicyclic) bond motifs is 1. The molecule has 0 aliphatic carbocycles. The van der Waals surface area contributed by atoms with Crippen molar-refractivity contribution in [2.24, 2.45) is 0 Å². The Hall–Kier alpha value is -2.13. The van der Waals surface area contributed by atoms with Gasteiger partial charge in [-0.1, -0.05) is 19.1 Å². The second-order valence-corrected chi connectivity index (χ2v) is 8.22. The number of hydrogen-bond acceptors (Lipinski definition) is 6. The minimum atomic E-state index is -4.61. The fraction of sp³-hybridized carbons (Fsp3) is 0.529. The number of nitrogens with zero attached hydrogens (tertiary/aromatic N) is 1. The molecule has 1 aromatic rings. The van der Waals surface area contributed by atoms with Crippen LogP contribution in [0.2, 0.25) is 0 Å². The Morgan fingerprint density at radius 3 is 2.54 bits per heavy atom. The summed E-state index contributed by atoms with van der Waals surface area (Å²) < 4.78 is 42.7. The Labute approximate surface area is 153 Å². The van der Waals surface area contributed by atoms with Gasteiger partial charge in [0.1, 0.15) is 5.75 Å². The van der Waals surface area contributed by atoms with Crippen LogP contribution in [-0.2, 0) is 30.0 Å². The maximum Gasteiger partial charge on any atom is 0.361 e. The average molecular weight is 385 g/mol. The van der Waals surface area contributed by atoms with Gasteiger partial charge in [0.05, 0.1) is 11.3 Å². The number of amides is 1. The number of benzene rings is 1. The Bertz CT molecular complexity index is 832. The number of rotatable bonds is 5. The quantitative estimate of drug-likeness (QED) is 0.610. The van der Waals surface area contributed by atoms with E-state index in [1.54, 1.807) is 32.0 Å². The van der Waals surface area contributed by atoms with Gasteiger partial charge in [-0.25, -0.2) is 4.31 Å². The highest BCUT2D eigenvalue weighted by Gasteiger charge is 2.44. The first-order valence-corrected chi connectivity index (χ1v) is 9.55. The highest BCUT2D eigenvalue weighted by Crippen LogP contribution is 2.44. The Kier molecular flexibility index (Phi) is 5.34. The van der Waals surface area contributed by atoms with Gasteiger partial charge in [-0.05, 0) is 32.4 Å². The van der Waals surface area contributed by atoms with E-state index < -0.39 is 33.8 Å². The second-order valence-electron chi connectivity index (χ2n) is 6.78. The van der Waals surface area contributed by atoms with Crippen LogP contribution in [0.5, 0.6) is 5.75 Å². The molecule has 1 N–H and O–H groups in total. The summed E-state index contributed by atoms with van der Waals surface area (Å²) in [7, 11) is -3.62. The third kappa shape index (κ3) is 3.68. The number of ether oxygens (including phenoxy) is 2. The van der Waals surface area contributed by atoms with Gasteiger partial charge in [0, 0.05) is 19.0 Å². The zero-order valence-electron chi connectivity index (χ0n) is 15.3. The van der Waals surface area contributed by atoms with Gasteiger partial charge in [0.2, 0.25) is 5.91 Å². The number of carbonyl (C=O) groups excluding carboxylic acids is 2. The zero-order chi connectivity index (χ0) is 19.9. The minimum absolute atomic E-state index is 0.227. The van der Waals surface area contributed by atoms with E-state index in [1.807, 2.05) is 13.8 Å². The van der Waals surface area contributed by atoms with Gasteiger partial charge >= 0.3 is 16.3 Å². The van der Waals surface area contributed by atoms with E-state index in [1.165, 1.54) is 0 Å². The van der Waals surface area contributed by atoms with Crippen LogP contribution in [0.4, 0.5) is 0 Å². The third-order valence-electron chi connectivity index (χ3n) is 4.58. The fourth-order valence-electron chi connectivity index (χ4n) is 2.72. The number of esters is 1. The van der Waals surface area contributed by atoms with Crippen molar-refractivity contribution in [3.8, 4) is 5.75 Å². The SMILES string of the molecule is CCC(=O)OC1Oc2ccc(C(C)C(=O)N(C)S(=O)(=O)O)cc2C1(C)C. The normalized spacial score (nSPS) is 19.2. The Balaban J connectivity index is 2.32. The first-order chi connectivity index (χ1) is 11.9. The molecular weight excluding hydrogens is 362 g/mol. The van der Waals surface area contributed by atoms with Crippen LogP contribution in [0.15, 0.2) is 18.2 Å². The molecule has 2 unspecified atom stereocenters. The lowest BCUT2D eigenvalue weighted by Gasteiger charge is -2.25. The molecule has 1 heterocycles. The summed E-state index contributed by atoms with van der Waals surface area (Å²) in [6, 6.07) is 5.03. The Morgan fingerprint density at radius 2 is 2.00 bits per heavy atom. The predicted molar refractivity (Wildman–Crippen MR) is 93.0 cm³/mol. The van der Waals surface area contributed by atoms with Crippen molar-refractivity contribution in [2.75, 3.05) is 7.05 Å². The summed E-state index contributed by atoms with van der Waals surface area (Å²) in [5, 5.41) is 0. The van der Waals surface area contributed by atoms with Crippen molar-refractivity contribution in [2.45, 2.75) is 51.7 Å². The summed E-state index contributed by atoms with van der Waals surface area (Å²) in [5.74, 6) is -1.41. The molecule has 26 heavy (non-hydrogen) atoms. The zero-order valence-corrected chi connectivity index (χ0v) is 16.2. The van der Waals surface area contributed by atoms with Gasteiger partial charge in [-0.2, -0.15) is 8.42 Å². The molecule has 1 amide bonds. The average Bonchev–Trinajstić information content (AvgIpc) is 2.82. The smallest absolute Gasteiger partial charge is 0.361 e. The van der Waals surface area contributed by atoms with E-state index in [9.17, 15) is 18.0 Å². The van der Waals surface area contributed by atoms with E-state index in [2.05, 4.69) is 0 Å². The van der Waals surface area contributed by atoms with E-state index in [0.29, 0.717) is 15.6 Å². The summed E-state index contributed by atoms with van der Waals surface area (Å²) in [6.07, 6.45) is -0.558. The van der Waals surface area contributed by atoms with Crippen LogP contribution in [0, 0.1) is 0 Å². The molecule has 1 aliphatic rings. The molecule has 0 fully saturated rings. The van der Waals surface area contributed by atoms with Gasteiger partial charge in [0.25, 0.3) is 6.29 Å². The maximum atomic E-state index is 12.3. The molecule has 0 saturated carbocycles. The van der Waals surface area contributed by atoms with E-state index in [0.717, 1.165) is 12.6 Å². The molecular formula is C17H23NO7S. The molecule has 1 aromatic carbocycles. The molecule has 0 bridgehead atoms. The molecule has 0 aromatic heterocycles. The third-order valence-corrected chi connectivity index (χ3v) is 5.45. The summed E-state index contributed by atoms with van der Waals surface area (Å²) >= 11 is 0. The molecule has 1 aliphatic heterocycles. The molecule has 0 radical (unpaired) electrons. The van der Waals surface area contributed by atoms with Crippen molar-refractivity contribution < 1.29 is 32.0 Å². The lowest BCUT2D eigenvalue weighted by atomic mass is 9.83. The van der Waals surface area contributed by atoms with E-state index in [4.69, 9.17) is 14.0 Å². The summed E-state index contributed by atoms with van der Waals surface area (Å²) in [4.78, 5) is 23.9. The van der Waals surface area contributed by atoms with Crippen LogP contribution < -0.4 is 4.74 Å². The predicted octanol–water partition coefficient (Wildman–Crippen LogP) is 2.00. The van der Waals surface area contributed by atoms with Crippen molar-refractivity contribution in [3.05, 3.63) is 29.3 Å². The standard InChI is InChI=1S/C17H23NO7S/c1-6-14(19)25-16-17(3,4)12-9-11(7-8-13(12)24-16)10(2)15(20)18(5)26(21,22)23/h7-10,16H,6H2,1-5H3,(H,21,22,23). The summed E-state index contributed by atoms with van der Waals surface area (Å²) in [6.45, 7) is 6.94. The number of carbonyl (C=O) groups is 2. The molecule has 8 nitrogen and oxygen atoms in total. The number of hydrogen-bond donors (Lipinski definition) is 1. The first-order valence-electron chi connectivity index (χ1n) is 8.15. The molecule has 9 heteroatoms. The van der Waals surface area contributed by atoms with Crippen molar-refractivity contribution in [1.29, 1.82) is 0 Å². The van der Waals surface area contributed by atoms with Gasteiger partial charge in [0.15, 0.2) is 0 Å². The largest absolute Gasteiger partial charge is 0.454 e. The molecule has 0 saturated heterocycles. The van der Waals surface area contributed by atoms with Crippen LogP contribution in [0.25, 0.3) is 0 Å². The van der Waals surface area contributed by atoms with Crippen molar-refractivity contribution >= 4 is 22.2 Å². The van der Waals surface area contributed by atoms with Crippen LogP contribution in [0.1, 0.15) is 51.2 Å². The van der Waals surface area contributed by atoms with E-state index >= 15 is 0 Å².